The maximum atomic E-state index is 13.1. The molecule has 2 aromatic carbocycles. The highest BCUT2D eigenvalue weighted by atomic mass is 19.4. The van der Waals surface area contributed by atoms with Crippen molar-refractivity contribution in [2.24, 2.45) is 0 Å². The van der Waals surface area contributed by atoms with Gasteiger partial charge in [-0.1, -0.05) is 42.0 Å². The number of hydrogen-bond acceptors (Lipinski definition) is 3. The zero-order valence-corrected chi connectivity index (χ0v) is 15.0. The summed E-state index contributed by atoms with van der Waals surface area (Å²) in [6.45, 7) is 2.36. The Morgan fingerprint density at radius 2 is 1.71 bits per heavy atom. The summed E-state index contributed by atoms with van der Waals surface area (Å²) < 4.78 is 39.2. The van der Waals surface area contributed by atoms with Crippen LogP contribution in [0.2, 0.25) is 0 Å². The molecule has 1 heterocycles. The minimum atomic E-state index is -4.47. The third kappa shape index (κ3) is 4.88. The van der Waals surface area contributed by atoms with E-state index in [1.165, 1.54) is 36.5 Å². The van der Waals surface area contributed by atoms with Gasteiger partial charge < -0.3 is 10.6 Å². The Labute approximate surface area is 160 Å². The first kappa shape index (κ1) is 19.4. The normalized spacial score (nSPS) is 11.1. The molecule has 4 nitrogen and oxygen atoms in total. The van der Waals surface area contributed by atoms with Gasteiger partial charge in [0.25, 0.3) is 5.91 Å². The number of benzene rings is 2. The third-order valence-corrected chi connectivity index (χ3v) is 4.09. The van der Waals surface area contributed by atoms with Crippen molar-refractivity contribution in [3.05, 3.63) is 89.1 Å². The van der Waals surface area contributed by atoms with E-state index >= 15 is 0 Å². The SMILES string of the molecule is Cc1ccc(CNC(=O)c2ccc(Nc3ccccc3C(F)(F)F)nc2)cc1. The molecule has 0 fully saturated rings. The van der Waals surface area contributed by atoms with Crippen molar-refractivity contribution in [2.45, 2.75) is 19.6 Å². The van der Waals surface area contributed by atoms with Crippen LogP contribution in [-0.4, -0.2) is 10.9 Å². The number of alkyl halides is 3. The van der Waals surface area contributed by atoms with E-state index < -0.39 is 11.7 Å². The number of hydrogen-bond donors (Lipinski definition) is 2. The summed E-state index contributed by atoms with van der Waals surface area (Å²) >= 11 is 0. The van der Waals surface area contributed by atoms with E-state index in [1.54, 1.807) is 0 Å². The molecule has 0 unspecified atom stereocenters. The Hall–Kier alpha value is -3.35. The highest BCUT2D eigenvalue weighted by Gasteiger charge is 2.33. The molecule has 0 aliphatic rings. The van der Waals surface area contributed by atoms with Crippen LogP contribution in [0.15, 0.2) is 66.9 Å². The maximum absolute atomic E-state index is 13.1. The minimum absolute atomic E-state index is 0.0981. The average molecular weight is 385 g/mol. The second kappa shape index (κ2) is 8.12. The van der Waals surface area contributed by atoms with Gasteiger partial charge in [0, 0.05) is 12.7 Å². The van der Waals surface area contributed by atoms with Crippen LogP contribution < -0.4 is 10.6 Å². The number of anilines is 2. The van der Waals surface area contributed by atoms with Gasteiger partial charge in [0.05, 0.1) is 16.8 Å². The smallest absolute Gasteiger partial charge is 0.348 e. The van der Waals surface area contributed by atoms with Crippen LogP contribution in [0, 0.1) is 6.92 Å². The first-order valence-corrected chi connectivity index (χ1v) is 8.56. The Morgan fingerprint density at radius 3 is 2.36 bits per heavy atom. The lowest BCUT2D eigenvalue weighted by Gasteiger charge is -2.14. The van der Waals surface area contributed by atoms with Gasteiger partial charge in [-0.15, -0.1) is 0 Å². The van der Waals surface area contributed by atoms with E-state index in [1.807, 2.05) is 31.2 Å². The lowest BCUT2D eigenvalue weighted by molar-refractivity contribution is -0.136. The quantitative estimate of drug-likeness (QED) is 0.644. The Bertz CT molecular complexity index is 952. The molecule has 0 saturated heterocycles. The average Bonchev–Trinajstić information content (AvgIpc) is 2.67. The van der Waals surface area contributed by atoms with E-state index in [9.17, 15) is 18.0 Å². The van der Waals surface area contributed by atoms with Gasteiger partial charge in [0.2, 0.25) is 0 Å². The molecule has 28 heavy (non-hydrogen) atoms. The molecule has 0 aliphatic heterocycles. The van der Waals surface area contributed by atoms with Crippen molar-refractivity contribution >= 4 is 17.4 Å². The number of pyridine rings is 1. The number of aryl methyl sites for hydroxylation is 1. The summed E-state index contributed by atoms with van der Waals surface area (Å²) in [6.07, 6.45) is -3.15. The third-order valence-electron chi connectivity index (χ3n) is 4.09. The number of carbonyl (C=O) groups excluding carboxylic acids is 1. The van der Waals surface area contributed by atoms with Crippen LogP contribution in [0.4, 0.5) is 24.7 Å². The molecular weight excluding hydrogens is 367 g/mol. The molecule has 0 saturated carbocycles. The van der Waals surface area contributed by atoms with E-state index in [0.717, 1.165) is 17.2 Å². The lowest BCUT2D eigenvalue weighted by atomic mass is 10.1. The van der Waals surface area contributed by atoms with E-state index in [-0.39, 0.29) is 17.4 Å². The van der Waals surface area contributed by atoms with Gasteiger partial charge in [0.1, 0.15) is 5.82 Å². The van der Waals surface area contributed by atoms with Crippen LogP contribution in [0.3, 0.4) is 0 Å². The van der Waals surface area contributed by atoms with Crippen LogP contribution >= 0.6 is 0 Å². The second-order valence-electron chi connectivity index (χ2n) is 6.27. The summed E-state index contributed by atoms with van der Waals surface area (Å²) in [4.78, 5) is 16.3. The number of para-hydroxylation sites is 1. The molecule has 0 spiro atoms. The van der Waals surface area contributed by atoms with E-state index in [2.05, 4.69) is 15.6 Å². The van der Waals surface area contributed by atoms with Gasteiger partial charge in [-0.25, -0.2) is 4.98 Å². The van der Waals surface area contributed by atoms with Gasteiger partial charge in [-0.05, 0) is 36.8 Å². The standard InChI is InChI=1S/C21H18F3N3O/c1-14-6-8-15(9-7-14)12-26-20(28)16-10-11-19(25-13-16)27-18-5-3-2-4-17(18)21(22,23)24/h2-11,13H,12H2,1H3,(H,25,27)(H,26,28). The van der Waals surface area contributed by atoms with Crippen LogP contribution in [-0.2, 0) is 12.7 Å². The zero-order valence-electron chi connectivity index (χ0n) is 15.0. The predicted octanol–water partition coefficient (Wildman–Crippen LogP) is 5.08. The first-order chi connectivity index (χ1) is 13.3. The molecule has 3 aromatic rings. The first-order valence-electron chi connectivity index (χ1n) is 8.56. The summed E-state index contributed by atoms with van der Waals surface area (Å²) in [6, 6.07) is 15.9. The van der Waals surface area contributed by atoms with Crippen molar-refractivity contribution in [3.8, 4) is 0 Å². The topological polar surface area (TPSA) is 54.0 Å². The number of halogens is 3. The van der Waals surface area contributed by atoms with Crippen LogP contribution in [0.1, 0.15) is 27.0 Å². The Morgan fingerprint density at radius 1 is 1.00 bits per heavy atom. The van der Waals surface area contributed by atoms with Crippen molar-refractivity contribution in [3.63, 3.8) is 0 Å². The lowest BCUT2D eigenvalue weighted by Crippen LogP contribution is -2.22. The largest absolute Gasteiger partial charge is 0.418 e. The minimum Gasteiger partial charge on any atom is -0.348 e. The molecule has 1 amide bonds. The predicted molar refractivity (Wildman–Crippen MR) is 101 cm³/mol. The number of amides is 1. The molecule has 2 N–H and O–H groups in total. The molecule has 0 aliphatic carbocycles. The maximum Gasteiger partial charge on any atom is 0.418 e. The van der Waals surface area contributed by atoms with E-state index in [0.29, 0.717) is 12.1 Å². The van der Waals surface area contributed by atoms with Crippen LogP contribution in [0.25, 0.3) is 0 Å². The van der Waals surface area contributed by atoms with Gasteiger partial charge in [0.15, 0.2) is 0 Å². The fourth-order valence-corrected chi connectivity index (χ4v) is 2.57. The number of nitrogens with zero attached hydrogens (tertiary/aromatic N) is 1. The molecule has 1 aromatic heterocycles. The summed E-state index contributed by atoms with van der Waals surface area (Å²) in [5.41, 5.74) is 1.54. The number of aromatic nitrogens is 1. The fraction of sp³-hybridized carbons (Fsp3) is 0.143. The molecular formula is C21H18F3N3O. The van der Waals surface area contributed by atoms with Crippen molar-refractivity contribution in [2.75, 3.05) is 5.32 Å². The van der Waals surface area contributed by atoms with Gasteiger partial charge >= 0.3 is 6.18 Å². The number of nitrogens with one attached hydrogen (secondary N) is 2. The summed E-state index contributed by atoms with van der Waals surface area (Å²) in [5, 5.41) is 5.43. The molecule has 0 bridgehead atoms. The van der Waals surface area contributed by atoms with E-state index in [4.69, 9.17) is 0 Å². The monoisotopic (exact) mass is 385 g/mol. The Balaban J connectivity index is 1.65. The fourth-order valence-electron chi connectivity index (χ4n) is 2.57. The van der Waals surface area contributed by atoms with Crippen molar-refractivity contribution in [1.29, 1.82) is 0 Å². The highest BCUT2D eigenvalue weighted by molar-refractivity contribution is 5.94. The van der Waals surface area contributed by atoms with Gasteiger partial charge in [-0.3, -0.25) is 4.79 Å². The van der Waals surface area contributed by atoms with Crippen molar-refractivity contribution in [1.82, 2.24) is 10.3 Å². The second-order valence-corrected chi connectivity index (χ2v) is 6.27. The zero-order chi connectivity index (χ0) is 20.1. The Kier molecular flexibility index (Phi) is 5.63. The van der Waals surface area contributed by atoms with Crippen LogP contribution in [0.5, 0.6) is 0 Å². The van der Waals surface area contributed by atoms with Gasteiger partial charge in [-0.2, -0.15) is 13.2 Å². The molecule has 3 rings (SSSR count). The van der Waals surface area contributed by atoms with Crippen molar-refractivity contribution < 1.29 is 18.0 Å². The number of carbonyl (C=O) groups is 1. The summed E-state index contributed by atoms with van der Waals surface area (Å²) in [5.74, 6) is -0.0953. The molecule has 144 valence electrons. The molecule has 7 heteroatoms. The summed E-state index contributed by atoms with van der Waals surface area (Å²) in [7, 11) is 0. The molecule has 0 atom stereocenters. The molecule has 0 radical (unpaired) electrons. The highest BCUT2D eigenvalue weighted by Crippen LogP contribution is 2.35. The number of rotatable bonds is 5.